The van der Waals surface area contributed by atoms with Crippen molar-refractivity contribution in [3.63, 3.8) is 0 Å². The molecule has 4 heteroatoms. The molecule has 0 saturated carbocycles. The Labute approximate surface area is 218 Å². The van der Waals surface area contributed by atoms with Gasteiger partial charge in [0.1, 0.15) is 0 Å². The third-order valence-electron chi connectivity index (χ3n) is 5.06. The molecule has 0 aliphatic heterocycles. The minimum absolute atomic E-state index is 0.867. The van der Waals surface area contributed by atoms with E-state index in [1.165, 1.54) is 51.2 Å². The van der Waals surface area contributed by atoms with Gasteiger partial charge in [-0.3, -0.25) is 0 Å². The van der Waals surface area contributed by atoms with Crippen molar-refractivity contribution in [2.45, 2.75) is 61.8 Å². The number of hydrogen-bond acceptors (Lipinski definition) is 1. The van der Waals surface area contributed by atoms with Crippen molar-refractivity contribution in [1.82, 2.24) is 14.5 Å². The van der Waals surface area contributed by atoms with Crippen molar-refractivity contribution in [2.24, 2.45) is 0 Å². The van der Waals surface area contributed by atoms with Crippen LogP contribution in [0.25, 0.3) is 11.4 Å². The Balaban J connectivity index is 0.000000491. The average molecular weight is 552 g/mol. The molecular formula is C30H43N3Pd. The van der Waals surface area contributed by atoms with E-state index in [2.05, 4.69) is 138 Å². The molecule has 34 heavy (non-hydrogen) atoms. The molecule has 2 aromatic carbocycles. The van der Waals surface area contributed by atoms with Gasteiger partial charge in [-0.2, -0.15) is 0 Å². The van der Waals surface area contributed by atoms with Crippen LogP contribution < -0.4 is 5.32 Å². The van der Waals surface area contributed by atoms with Crippen molar-refractivity contribution in [3.8, 4) is 11.4 Å². The van der Waals surface area contributed by atoms with Gasteiger partial charge in [0.25, 0.3) is 0 Å². The second-order valence-corrected chi connectivity index (χ2v) is 9.41. The first kappa shape index (κ1) is 29.8. The van der Waals surface area contributed by atoms with Crippen molar-refractivity contribution >= 4 is 0 Å². The van der Waals surface area contributed by atoms with E-state index in [-0.39, 0.29) is 0 Å². The summed E-state index contributed by atoms with van der Waals surface area (Å²) in [5, 5.41) is 3.05. The molecule has 3 aromatic rings. The number of nitrogens with one attached hydrogen (secondary N) is 1. The molecule has 0 radical (unpaired) electrons. The second kappa shape index (κ2) is 14.9. The summed E-state index contributed by atoms with van der Waals surface area (Å²) in [7, 11) is 0. The van der Waals surface area contributed by atoms with Crippen LogP contribution in [0, 0.1) is 45.4 Å². The Kier molecular flexibility index (Phi) is 13.0. The third-order valence-corrected chi connectivity index (χ3v) is 5.81. The van der Waals surface area contributed by atoms with Gasteiger partial charge in [-0.05, 0) is 0 Å². The fourth-order valence-electron chi connectivity index (χ4n) is 4.08. The summed E-state index contributed by atoms with van der Waals surface area (Å²) in [6.07, 6.45) is 9.18. The molecule has 1 heterocycles. The van der Waals surface area contributed by atoms with Crippen LogP contribution in [0.3, 0.4) is 0 Å². The molecule has 0 fully saturated rings. The molecule has 188 valence electrons. The number of hydrogen-bond donors (Lipinski definition) is 1. The predicted octanol–water partition coefficient (Wildman–Crippen LogP) is 7.56. The van der Waals surface area contributed by atoms with Gasteiger partial charge in [-0.25, -0.2) is 0 Å². The molecule has 0 atom stereocenters. The van der Waals surface area contributed by atoms with Crippen LogP contribution >= 0.6 is 0 Å². The summed E-state index contributed by atoms with van der Waals surface area (Å²) < 4.78 is 5.56. The SMILES string of the molecule is C=CCNCC=C.CCC.Cc1cc(C)c(-n2ccn(-c3c(C)cc(C)cc3C)[c]2=[Pd])c(C)c1. The Morgan fingerprint density at radius 2 is 1.00 bits per heavy atom. The van der Waals surface area contributed by atoms with E-state index in [1.807, 2.05) is 12.2 Å². The van der Waals surface area contributed by atoms with Crippen LogP contribution in [0.4, 0.5) is 0 Å². The minimum atomic E-state index is 0.867. The molecule has 0 amide bonds. The standard InChI is InChI=1S/C21H24N2.C6H11N.C3H8.Pd/c1-14-9-16(3)20(17(4)10-14)22-7-8-23(13-22)21-18(5)11-15(2)12-19(21)6;1-3-5-7-6-4-2;1-3-2;/h7-12H,1-6H3;3-4,7H,1-2,5-6H2;3H2,1-2H3;. The zero-order chi connectivity index (χ0) is 25.8. The summed E-state index contributed by atoms with van der Waals surface area (Å²) >= 11 is 3.50. The van der Waals surface area contributed by atoms with E-state index in [0.717, 1.165) is 17.0 Å². The first-order chi connectivity index (χ1) is 16.1. The number of rotatable bonds is 6. The first-order valence-corrected chi connectivity index (χ1v) is 12.7. The van der Waals surface area contributed by atoms with Crippen molar-refractivity contribution < 1.29 is 18.7 Å². The van der Waals surface area contributed by atoms with Gasteiger partial charge in [0, 0.05) is 13.1 Å². The van der Waals surface area contributed by atoms with Gasteiger partial charge >= 0.3 is 155 Å². The van der Waals surface area contributed by atoms with E-state index >= 15 is 0 Å². The van der Waals surface area contributed by atoms with Crippen LogP contribution in [0.5, 0.6) is 0 Å². The fraction of sp³-hybridized carbons (Fsp3) is 0.367. The van der Waals surface area contributed by atoms with Crippen molar-refractivity contribution in [3.05, 3.63) is 99.2 Å². The van der Waals surface area contributed by atoms with Gasteiger partial charge in [0.05, 0.1) is 0 Å². The Morgan fingerprint density at radius 1 is 0.706 bits per heavy atom. The zero-order valence-corrected chi connectivity index (χ0v) is 23.9. The number of imidazole rings is 1. The summed E-state index contributed by atoms with van der Waals surface area (Å²) in [4.78, 5) is 0. The monoisotopic (exact) mass is 551 g/mol. The molecular weight excluding hydrogens is 509 g/mol. The van der Waals surface area contributed by atoms with E-state index in [4.69, 9.17) is 0 Å². The third kappa shape index (κ3) is 8.20. The van der Waals surface area contributed by atoms with Crippen LogP contribution in [-0.2, 0) is 18.7 Å². The Bertz CT molecular complexity index is 1020. The van der Waals surface area contributed by atoms with Gasteiger partial charge in [0.2, 0.25) is 0 Å². The Hall–Kier alpha value is -2.25. The molecule has 3 nitrogen and oxygen atoms in total. The van der Waals surface area contributed by atoms with Gasteiger partial charge in [-0.15, -0.1) is 13.2 Å². The van der Waals surface area contributed by atoms with E-state index in [9.17, 15) is 0 Å². The zero-order valence-electron chi connectivity index (χ0n) is 22.4. The summed E-state index contributed by atoms with van der Waals surface area (Å²) in [5.74, 6) is 0. The van der Waals surface area contributed by atoms with E-state index in [0.29, 0.717) is 0 Å². The Morgan fingerprint density at radius 3 is 1.26 bits per heavy atom. The topological polar surface area (TPSA) is 21.9 Å². The van der Waals surface area contributed by atoms with Gasteiger partial charge < -0.3 is 5.32 Å². The molecule has 3 rings (SSSR count). The average Bonchev–Trinajstić information content (AvgIpc) is 3.09. The molecule has 1 aromatic heterocycles. The van der Waals surface area contributed by atoms with Crippen molar-refractivity contribution in [1.29, 1.82) is 0 Å². The molecule has 0 saturated heterocycles. The fourth-order valence-corrected chi connectivity index (χ4v) is 4.65. The number of aryl methyl sites for hydroxylation is 6. The summed E-state index contributed by atoms with van der Waals surface area (Å²) in [6, 6.07) is 8.97. The molecule has 0 aliphatic carbocycles. The maximum atomic E-state index is 3.54. The number of nitrogens with zero attached hydrogens (tertiary/aromatic N) is 2. The van der Waals surface area contributed by atoms with Gasteiger partial charge in [-0.1, -0.05) is 32.4 Å². The van der Waals surface area contributed by atoms with Crippen LogP contribution in [0.15, 0.2) is 62.0 Å². The predicted molar refractivity (Wildman–Crippen MR) is 146 cm³/mol. The van der Waals surface area contributed by atoms with Crippen molar-refractivity contribution in [2.75, 3.05) is 13.1 Å². The molecule has 1 N–H and O–H groups in total. The molecule has 0 unspecified atom stereocenters. The maximum absolute atomic E-state index is 3.54. The van der Waals surface area contributed by atoms with E-state index < -0.39 is 0 Å². The van der Waals surface area contributed by atoms with Gasteiger partial charge in [0.15, 0.2) is 0 Å². The van der Waals surface area contributed by atoms with E-state index in [1.54, 1.807) is 0 Å². The van der Waals surface area contributed by atoms with Crippen LogP contribution in [0.2, 0.25) is 0 Å². The first-order valence-electron chi connectivity index (χ1n) is 12.0. The number of aromatic nitrogens is 2. The quantitative estimate of drug-likeness (QED) is 0.190. The summed E-state index contributed by atoms with van der Waals surface area (Å²) in [5.41, 5.74) is 10.3. The molecule has 0 aliphatic rings. The van der Waals surface area contributed by atoms with Crippen LogP contribution in [0.1, 0.15) is 53.6 Å². The molecule has 0 spiro atoms. The summed E-state index contributed by atoms with van der Waals surface area (Å²) in [6.45, 7) is 26.1. The normalized spacial score (nSPS) is 10.1. The second-order valence-electron chi connectivity index (χ2n) is 8.72. The van der Waals surface area contributed by atoms with Crippen LogP contribution in [-0.4, -0.2) is 22.2 Å². The number of benzene rings is 2. The molecule has 0 bridgehead atoms.